The smallest absolute Gasteiger partial charge is 0.196 e. The van der Waals surface area contributed by atoms with Crippen molar-refractivity contribution in [3.63, 3.8) is 0 Å². The van der Waals surface area contributed by atoms with E-state index in [2.05, 4.69) is 11.8 Å². The van der Waals surface area contributed by atoms with Gasteiger partial charge in [0.25, 0.3) is 0 Å². The Kier molecular flexibility index (Phi) is 4.82. The van der Waals surface area contributed by atoms with Gasteiger partial charge < -0.3 is 40.5 Å². The second-order valence-electron chi connectivity index (χ2n) is 14.2. The molecule has 36 heavy (non-hydrogen) atoms. The van der Waals surface area contributed by atoms with Gasteiger partial charge in [0.2, 0.25) is 0 Å². The minimum absolute atomic E-state index is 0.130. The normalized spacial score (nSPS) is 68.0. The van der Waals surface area contributed by atoms with Gasteiger partial charge in [0, 0.05) is 42.3 Å². The van der Waals surface area contributed by atoms with E-state index >= 15 is 0 Å². The highest BCUT2D eigenvalue weighted by atomic mass is 16.7. The zero-order chi connectivity index (χ0) is 25.8. The van der Waals surface area contributed by atoms with Gasteiger partial charge in [0.05, 0.1) is 23.4 Å². The molecule has 4 aliphatic carbocycles. The first-order valence-electron chi connectivity index (χ1n) is 14.1. The minimum atomic E-state index is -1.85. The first-order valence-corrected chi connectivity index (χ1v) is 14.1. The summed E-state index contributed by atoms with van der Waals surface area (Å²) in [5.41, 5.74) is -4.88. The van der Waals surface area contributed by atoms with Gasteiger partial charge in [-0.25, -0.2) is 0 Å². The van der Waals surface area contributed by atoms with Crippen molar-refractivity contribution in [1.29, 1.82) is 0 Å². The molecule has 204 valence electrons. The van der Waals surface area contributed by atoms with E-state index in [0.717, 1.165) is 19.4 Å². The van der Waals surface area contributed by atoms with Crippen molar-refractivity contribution in [2.24, 2.45) is 40.9 Å². The van der Waals surface area contributed by atoms with E-state index in [1.807, 2.05) is 6.92 Å². The van der Waals surface area contributed by atoms with Gasteiger partial charge in [-0.15, -0.1) is 0 Å². The van der Waals surface area contributed by atoms with Crippen LogP contribution in [-0.4, -0.2) is 107 Å². The summed E-state index contributed by atoms with van der Waals surface area (Å²) in [5, 5.41) is 81.4. The number of aliphatic hydroxyl groups is 7. The fraction of sp³-hybridized carbons (Fsp3) is 1.00. The van der Waals surface area contributed by atoms with E-state index in [1.54, 1.807) is 6.92 Å². The lowest BCUT2D eigenvalue weighted by molar-refractivity contribution is -0.295. The quantitative estimate of drug-likeness (QED) is 0.222. The molecule has 3 saturated heterocycles. The Hall–Kier alpha value is -0.360. The standard InChI is InChI=1S/C27H43NO8/c1-12-4-5-17-24(3,33)19-13(11-28(17)10-12)14-9-25-21(26(14,34)22(32)20(19)31)15(29)8-16-23(25,2)7-6-18(30)27(16,35)36-25/h12-22,29-35H,4-11H2,1-3H3/t12-,13-,14-,15+,16-,17-,18-,19+,20+,21+,22-,23-,24?,25+,26-,27-/m0/s1. The molecular formula is C27H43NO8. The summed E-state index contributed by atoms with van der Waals surface area (Å²) in [4.78, 5) is 2.30. The molecule has 0 aromatic rings. The molecule has 0 aromatic carbocycles. The van der Waals surface area contributed by atoms with E-state index in [0.29, 0.717) is 31.7 Å². The van der Waals surface area contributed by atoms with Gasteiger partial charge in [0.15, 0.2) is 5.79 Å². The molecule has 7 aliphatic rings. The predicted molar refractivity (Wildman–Crippen MR) is 126 cm³/mol. The number of ether oxygens (including phenoxy) is 1. The van der Waals surface area contributed by atoms with Crippen LogP contribution in [0.4, 0.5) is 0 Å². The number of nitrogens with zero attached hydrogens (tertiary/aromatic N) is 1. The zero-order valence-corrected chi connectivity index (χ0v) is 21.5. The molecule has 16 atom stereocenters. The number of fused-ring (bicyclic) bond motifs is 5. The zero-order valence-electron chi connectivity index (χ0n) is 21.5. The van der Waals surface area contributed by atoms with Crippen LogP contribution < -0.4 is 0 Å². The van der Waals surface area contributed by atoms with Gasteiger partial charge in [-0.3, -0.25) is 4.90 Å². The van der Waals surface area contributed by atoms with Crippen LogP contribution in [0.25, 0.3) is 0 Å². The van der Waals surface area contributed by atoms with Crippen molar-refractivity contribution >= 4 is 0 Å². The van der Waals surface area contributed by atoms with Crippen LogP contribution in [0.3, 0.4) is 0 Å². The molecule has 3 aliphatic heterocycles. The van der Waals surface area contributed by atoms with Crippen LogP contribution in [0.15, 0.2) is 0 Å². The van der Waals surface area contributed by atoms with E-state index in [9.17, 15) is 35.7 Å². The number of aliphatic hydroxyl groups excluding tert-OH is 4. The maximum atomic E-state index is 12.5. The maximum absolute atomic E-state index is 12.5. The predicted octanol–water partition coefficient (Wildman–Crippen LogP) is -0.814. The molecule has 9 nitrogen and oxygen atoms in total. The maximum Gasteiger partial charge on any atom is 0.196 e. The van der Waals surface area contributed by atoms with Crippen LogP contribution in [0, 0.1) is 40.9 Å². The summed E-state index contributed by atoms with van der Waals surface area (Å²) < 4.78 is 6.51. The molecule has 0 radical (unpaired) electrons. The molecule has 1 unspecified atom stereocenters. The fourth-order valence-corrected chi connectivity index (χ4v) is 11.4. The van der Waals surface area contributed by atoms with E-state index < -0.39 is 76.1 Å². The van der Waals surface area contributed by atoms with Crippen molar-refractivity contribution < 1.29 is 40.5 Å². The molecule has 3 heterocycles. The van der Waals surface area contributed by atoms with Crippen molar-refractivity contribution in [1.82, 2.24) is 4.90 Å². The van der Waals surface area contributed by atoms with Crippen LogP contribution in [0.1, 0.15) is 59.3 Å². The molecule has 0 aromatic heterocycles. The largest absolute Gasteiger partial charge is 0.393 e. The number of rotatable bonds is 0. The highest BCUT2D eigenvalue weighted by Gasteiger charge is 2.86. The lowest BCUT2D eigenvalue weighted by atomic mass is 9.49. The topological polar surface area (TPSA) is 154 Å². The molecule has 9 heteroatoms. The Morgan fingerprint density at radius 2 is 1.67 bits per heavy atom. The second kappa shape index (κ2) is 7.04. The van der Waals surface area contributed by atoms with Crippen molar-refractivity contribution in [3.8, 4) is 0 Å². The van der Waals surface area contributed by atoms with Gasteiger partial charge >= 0.3 is 0 Å². The van der Waals surface area contributed by atoms with Crippen LogP contribution in [0.2, 0.25) is 0 Å². The van der Waals surface area contributed by atoms with Crippen LogP contribution in [-0.2, 0) is 4.74 Å². The Bertz CT molecular complexity index is 964. The summed E-state index contributed by atoms with van der Waals surface area (Å²) in [6.45, 7) is 7.40. The fourth-order valence-electron chi connectivity index (χ4n) is 11.4. The average molecular weight is 510 g/mol. The Labute approximate surface area is 212 Å². The Morgan fingerprint density at radius 3 is 2.39 bits per heavy atom. The van der Waals surface area contributed by atoms with Crippen LogP contribution in [0.5, 0.6) is 0 Å². The molecule has 4 saturated carbocycles. The monoisotopic (exact) mass is 509 g/mol. The summed E-state index contributed by atoms with van der Waals surface area (Å²) >= 11 is 0. The number of hydrogen-bond donors (Lipinski definition) is 7. The lowest BCUT2D eigenvalue weighted by Gasteiger charge is -2.63. The summed E-state index contributed by atoms with van der Waals surface area (Å²) in [7, 11) is 0. The summed E-state index contributed by atoms with van der Waals surface area (Å²) in [6.07, 6.45) is -1.92. The van der Waals surface area contributed by atoms with Crippen molar-refractivity contribution in [2.75, 3.05) is 13.1 Å². The van der Waals surface area contributed by atoms with Crippen molar-refractivity contribution in [3.05, 3.63) is 0 Å². The van der Waals surface area contributed by atoms with Crippen LogP contribution >= 0.6 is 0 Å². The van der Waals surface area contributed by atoms with E-state index in [1.165, 1.54) is 0 Å². The van der Waals surface area contributed by atoms with E-state index in [-0.39, 0.29) is 18.4 Å². The number of hydrogen-bond acceptors (Lipinski definition) is 9. The molecule has 4 bridgehead atoms. The van der Waals surface area contributed by atoms with Gasteiger partial charge in [-0.1, -0.05) is 13.8 Å². The highest BCUT2D eigenvalue weighted by molar-refractivity contribution is 5.33. The van der Waals surface area contributed by atoms with Crippen molar-refractivity contribution in [2.45, 2.75) is 112 Å². The second-order valence-corrected chi connectivity index (χ2v) is 14.2. The molecule has 7 rings (SSSR count). The third kappa shape index (κ3) is 2.46. The molecule has 7 fully saturated rings. The van der Waals surface area contributed by atoms with E-state index in [4.69, 9.17) is 4.74 Å². The average Bonchev–Trinajstić information content (AvgIpc) is 3.08. The SMILES string of the molecule is C[C@H]1CC[C@@H]2N(C1)C[C@@H]1[C@H]([C@@H](O)[C@H](O)[C@]3(O)[C@H]1C[C@@]14O[C@@]5(O)[C@@H](C[C@@H](O)[C@@H]31)[C@]4(C)CC[C@@H]5O)C2(C)O. The first kappa shape index (κ1) is 24.7. The molecule has 1 spiro atoms. The molecule has 7 N–H and O–H groups in total. The first-order chi connectivity index (χ1) is 16.7. The Morgan fingerprint density at radius 1 is 0.944 bits per heavy atom. The van der Waals surface area contributed by atoms with Gasteiger partial charge in [0.1, 0.15) is 17.8 Å². The third-order valence-corrected chi connectivity index (χ3v) is 12.8. The Balaban J connectivity index is 1.37. The molecule has 0 amide bonds. The summed E-state index contributed by atoms with van der Waals surface area (Å²) in [5.74, 6) is -4.29. The highest BCUT2D eigenvalue weighted by Crippen LogP contribution is 2.76. The lowest BCUT2D eigenvalue weighted by Crippen LogP contribution is -2.76. The van der Waals surface area contributed by atoms with Gasteiger partial charge in [-0.2, -0.15) is 0 Å². The van der Waals surface area contributed by atoms with Gasteiger partial charge in [-0.05, 0) is 63.2 Å². The number of piperidine rings is 2. The summed E-state index contributed by atoms with van der Waals surface area (Å²) in [6, 6.07) is -0.130. The minimum Gasteiger partial charge on any atom is -0.393 e. The third-order valence-electron chi connectivity index (χ3n) is 12.8. The molecular weight excluding hydrogens is 466 g/mol.